The molecule has 0 bridgehead atoms. The number of H-pyrrole nitrogens is 1. The van der Waals surface area contributed by atoms with E-state index in [0.717, 1.165) is 12.8 Å². The van der Waals surface area contributed by atoms with Crippen LogP contribution in [0.4, 0.5) is 0 Å². The predicted octanol–water partition coefficient (Wildman–Crippen LogP) is 2.47. The van der Waals surface area contributed by atoms with Gasteiger partial charge in [0, 0.05) is 29.1 Å². The first kappa shape index (κ1) is 9.91. The molecule has 2 N–H and O–H groups in total. The maximum atomic E-state index is 3.61. The Bertz CT molecular complexity index is 551. The zero-order valence-electron chi connectivity index (χ0n) is 10.1. The Balaban J connectivity index is 2.25. The van der Waals surface area contributed by atoms with Crippen LogP contribution in [0.25, 0.3) is 10.9 Å². The topological polar surface area (TPSA) is 27.8 Å². The molecule has 1 aliphatic carbocycles. The van der Waals surface area contributed by atoms with Crippen molar-refractivity contribution in [2.45, 2.75) is 32.7 Å². The van der Waals surface area contributed by atoms with Crippen LogP contribution < -0.4 is 5.32 Å². The van der Waals surface area contributed by atoms with Crippen LogP contribution >= 0.6 is 0 Å². The maximum Gasteiger partial charge on any atom is 0.0491 e. The van der Waals surface area contributed by atoms with E-state index in [1.165, 1.54) is 33.3 Å². The van der Waals surface area contributed by atoms with E-state index in [-0.39, 0.29) is 0 Å². The summed E-state index contributed by atoms with van der Waals surface area (Å²) in [6.07, 6.45) is 2.30. The fourth-order valence-electron chi connectivity index (χ4n) is 2.91. The first-order chi connectivity index (χ1) is 7.70. The second-order valence-electron chi connectivity index (χ2n) is 4.93. The molecule has 0 fully saturated rings. The van der Waals surface area contributed by atoms with Crippen molar-refractivity contribution in [1.29, 1.82) is 0 Å². The summed E-state index contributed by atoms with van der Waals surface area (Å²) in [4.78, 5) is 3.61. The smallest absolute Gasteiger partial charge is 0.0491 e. The van der Waals surface area contributed by atoms with E-state index in [4.69, 9.17) is 0 Å². The number of nitrogens with one attached hydrogen (secondary N) is 2. The first-order valence-electron chi connectivity index (χ1n) is 5.97. The van der Waals surface area contributed by atoms with Gasteiger partial charge in [0.25, 0.3) is 0 Å². The summed E-state index contributed by atoms with van der Waals surface area (Å²) < 4.78 is 0. The molecule has 0 amide bonds. The lowest BCUT2D eigenvalue weighted by Gasteiger charge is -2.08. The highest BCUT2D eigenvalue weighted by atomic mass is 14.9. The molecule has 1 atom stereocenters. The minimum atomic E-state index is 0.616. The summed E-state index contributed by atoms with van der Waals surface area (Å²) in [6.45, 7) is 4.39. The highest BCUT2D eigenvalue weighted by Gasteiger charge is 2.25. The van der Waals surface area contributed by atoms with Gasteiger partial charge in [-0.1, -0.05) is 12.1 Å². The summed E-state index contributed by atoms with van der Waals surface area (Å²) in [5, 5.41) is 4.84. The zero-order chi connectivity index (χ0) is 11.3. The van der Waals surface area contributed by atoms with Gasteiger partial charge in [0.15, 0.2) is 0 Å². The number of aryl methyl sites for hydroxylation is 2. The Hall–Kier alpha value is -1.28. The molecular weight excluding hydrogens is 196 g/mol. The highest BCUT2D eigenvalue weighted by molar-refractivity contribution is 5.90. The van der Waals surface area contributed by atoms with E-state index < -0.39 is 0 Å². The van der Waals surface area contributed by atoms with Crippen LogP contribution in [0.15, 0.2) is 12.1 Å². The molecule has 1 aromatic carbocycles. The predicted molar refractivity (Wildman–Crippen MR) is 68.0 cm³/mol. The Kier molecular flexibility index (Phi) is 2.08. The third-order valence-corrected chi connectivity index (χ3v) is 3.87. The van der Waals surface area contributed by atoms with Gasteiger partial charge in [0.05, 0.1) is 0 Å². The molecule has 0 radical (unpaired) electrons. The standard InChI is InChI=1S/C14H18N2/c1-8-4-5-9(2)14-13(8)11-6-10(15-3)7-12(11)16-14/h4-5,10,15-16H,6-7H2,1-3H3. The van der Waals surface area contributed by atoms with Gasteiger partial charge >= 0.3 is 0 Å². The SMILES string of the molecule is CNC1Cc2[nH]c3c(C)ccc(C)c3c2C1. The molecule has 1 unspecified atom stereocenters. The minimum Gasteiger partial charge on any atom is -0.358 e. The fraction of sp³-hybridized carbons (Fsp3) is 0.429. The summed E-state index contributed by atoms with van der Waals surface area (Å²) >= 11 is 0. The van der Waals surface area contributed by atoms with Crippen molar-refractivity contribution in [2.75, 3.05) is 7.05 Å². The summed E-state index contributed by atoms with van der Waals surface area (Å²) in [5.41, 5.74) is 7.08. The summed E-state index contributed by atoms with van der Waals surface area (Å²) in [5.74, 6) is 0. The van der Waals surface area contributed by atoms with Crippen LogP contribution in [0.2, 0.25) is 0 Å². The minimum absolute atomic E-state index is 0.616. The normalized spacial score (nSPS) is 19.3. The first-order valence-corrected chi connectivity index (χ1v) is 5.97. The molecule has 2 heteroatoms. The van der Waals surface area contributed by atoms with Crippen LogP contribution in [0.3, 0.4) is 0 Å². The van der Waals surface area contributed by atoms with E-state index in [1.807, 2.05) is 0 Å². The van der Waals surface area contributed by atoms with Gasteiger partial charge in [0.2, 0.25) is 0 Å². The van der Waals surface area contributed by atoms with E-state index in [2.05, 4.69) is 43.3 Å². The van der Waals surface area contributed by atoms with Crippen LogP contribution in [0.1, 0.15) is 22.4 Å². The van der Waals surface area contributed by atoms with Crippen molar-refractivity contribution < 1.29 is 0 Å². The van der Waals surface area contributed by atoms with Crippen LogP contribution in [-0.2, 0) is 12.8 Å². The van der Waals surface area contributed by atoms with Gasteiger partial charge in [-0.3, -0.25) is 0 Å². The number of aromatic nitrogens is 1. The number of hydrogen-bond acceptors (Lipinski definition) is 1. The Morgan fingerprint density at radius 2 is 1.94 bits per heavy atom. The second kappa shape index (κ2) is 3.36. The number of rotatable bonds is 1. The lowest BCUT2D eigenvalue weighted by molar-refractivity contribution is 0.590. The van der Waals surface area contributed by atoms with Crippen molar-refractivity contribution in [1.82, 2.24) is 10.3 Å². The average Bonchev–Trinajstić information content (AvgIpc) is 2.80. The van der Waals surface area contributed by atoms with Gasteiger partial charge in [-0.05, 0) is 44.0 Å². The van der Waals surface area contributed by atoms with E-state index in [0.29, 0.717) is 6.04 Å². The van der Waals surface area contributed by atoms with Gasteiger partial charge in [-0.2, -0.15) is 0 Å². The molecular formula is C14H18N2. The molecule has 16 heavy (non-hydrogen) atoms. The van der Waals surface area contributed by atoms with Gasteiger partial charge in [-0.15, -0.1) is 0 Å². The van der Waals surface area contributed by atoms with Crippen molar-refractivity contribution in [3.8, 4) is 0 Å². The largest absolute Gasteiger partial charge is 0.358 e. The van der Waals surface area contributed by atoms with Crippen LogP contribution in [-0.4, -0.2) is 18.1 Å². The van der Waals surface area contributed by atoms with E-state index in [9.17, 15) is 0 Å². The lowest BCUT2D eigenvalue weighted by atomic mass is 10.0. The summed E-state index contributed by atoms with van der Waals surface area (Å²) in [7, 11) is 2.05. The number of hydrogen-bond donors (Lipinski definition) is 2. The quantitative estimate of drug-likeness (QED) is 0.750. The molecule has 84 valence electrons. The molecule has 1 aromatic heterocycles. The number of benzene rings is 1. The third kappa shape index (κ3) is 1.23. The Labute approximate surface area is 96.1 Å². The molecule has 0 saturated carbocycles. The molecule has 1 aliphatic rings. The molecule has 2 nitrogen and oxygen atoms in total. The average molecular weight is 214 g/mol. The zero-order valence-corrected chi connectivity index (χ0v) is 10.1. The van der Waals surface area contributed by atoms with E-state index in [1.54, 1.807) is 0 Å². The van der Waals surface area contributed by atoms with Gasteiger partial charge in [0.1, 0.15) is 0 Å². The molecule has 2 aromatic rings. The van der Waals surface area contributed by atoms with Gasteiger partial charge < -0.3 is 10.3 Å². The fourth-order valence-corrected chi connectivity index (χ4v) is 2.91. The molecule has 0 saturated heterocycles. The molecule has 0 aliphatic heterocycles. The maximum absolute atomic E-state index is 3.61. The second-order valence-corrected chi connectivity index (χ2v) is 4.93. The van der Waals surface area contributed by atoms with Crippen molar-refractivity contribution in [3.05, 3.63) is 34.5 Å². The monoisotopic (exact) mass is 214 g/mol. The number of aromatic amines is 1. The molecule has 1 heterocycles. The number of fused-ring (bicyclic) bond motifs is 3. The summed E-state index contributed by atoms with van der Waals surface area (Å²) in [6, 6.07) is 5.06. The van der Waals surface area contributed by atoms with Crippen molar-refractivity contribution in [2.24, 2.45) is 0 Å². The Morgan fingerprint density at radius 3 is 2.69 bits per heavy atom. The third-order valence-electron chi connectivity index (χ3n) is 3.87. The highest BCUT2D eigenvalue weighted by Crippen LogP contribution is 2.33. The number of likely N-dealkylation sites (N-methyl/N-ethyl adjacent to an activating group) is 1. The van der Waals surface area contributed by atoms with Gasteiger partial charge in [-0.25, -0.2) is 0 Å². The van der Waals surface area contributed by atoms with Crippen molar-refractivity contribution in [3.63, 3.8) is 0 Å². The lowest BCUT2D eigenvalue weighted by Crippen LogP contribution is -2.25. The molecule has 3 rings (SSSR count). The molecule has 0 spiro atoms. The van der Waals surface area contributed by atoms with E-state index >= 15 is 0 Å². The van der Waals surface area contributed by atoms with Crippen LogP contribution in [0.5, 0.6) is 0 Å². The van der Waals surface area contributed by atoms with Crippen molar-refractivity contribution >= 4 is 10.9 Å². The Morgan fingerprint density at radius 1 is 1.19 bits per heavy atom. The van der Waals surface area contributed by atoms with Crippen LogP contribution in [0, 0.1) is 13.8 Å².